The second-order valence-corrected chi connectivity index (χ2v) is 4.33. The Hall–Kier alpha value is -0.580. The highest BCUT2D eigenvalue weighted by Gasteiger charge is 2.33. The lowest BCUT2D eigenvalue weighted by Gasteiger charge is -2.13. The molecule has 2 bridgehead atoms. The Labute approximate surface area is 90.1 Å². The fraction of sp³-hybridized carbons (Fsp3) is 0.400. The first-order valence-corrected chi connectivity index (χ1v) is 5.31. The van der Waals surface area contributed by atoms with Crippen molar-refractivity contribution in [1.82, 2.24) is 0 Å². The maximum atomic E-state index is 5.64. The van der Waals surface area contributed by atoms with Gasteiger partial charge in [-0.15, -0.1) is 0 Å². The zero-order chi connectivity index (χ0) is 9.54. The van der Waals surface area contributed by atoms with Crippen molar-refractivity contribution in [3.05, 3.63) is 28.2 Å². The van der Waals surface area contributed by atoms with Crippen LogP contribution in [0.3, 0.4) is 0 Å². The summed E-state index contributed by atoms with van der Waals surface area (Å²) in [6, 6.07) is 5.87. The predicted octanol–water partition coefficient (Wildman–Crippen LogP) is 2.26. The van der Waals surface area contributed by atoms with Gasteiger partial charge < -0.3 is 14.2 Å². The van der Waals surface area contributed by atoms with Crippen molar-refractivity contribution in [2.24, 2.45) is 0 Å². The van der Waals surface area contributed by atoms with E-state index < -0.39 is 0 Å². The zero-order valence-electron chi connectivity index (χ0n) is 7.40. The molecule has 0 aromatic heterocycles. The summed E-state index contributed by atoms with van der Waals surface area (Å²) in [6.07, 6.45) is -0.179. The van der Waals surface area contributed by atoms with Gasteiger partial charge in [-0.1, -0.05) is 15.9 Å². The molecule has 2 unspecified atom stereocenters. The minimum absolute atomic E-state index is 0.0752. The Bertz CT molecular complexity index is 366. The van der Waals surface area contributed by atoms with Crippen LogP contribution in [0.4, 0.5) is 0 Å². The molecule has 0 saturated carbocycles. The van der Waals surface area contributed by atoms with Crippen LogP contribution < -0.4 is 4.74 Å². The van der Waals surface area contributed by atoms with Crippen molar-refractivity contribution in [2.75, 3.05) is 13.2 Å². The van der Waals surface area contributed by atoms with Crippen LogP contribution in [0.1, 0.15) is 11.9 Å². The van der Waals surface area contributed by atoms with Crippen molar-refractivity contribution in [1.29, 1.82) is 0 Å². The molecule has 4 heteroatoms. The van der Waals surface area contributed by atoms with Crippen molar-refractivity contribution in [3.8, 4) is 5.75 Å². The maximum Gasteiger partial charge on any atom is 0.188 e. The lowest BCUT2D eigenvalue weighted by molar-refractivity contribution is -0.0579. The number of hydrogen-bond acceptors (Lipinski definition) is 3. The van der Waals surface area contributed by atoms with E-state index in [0.29, 0.717) is 13.2 Å². The highest BCUT2D eigenvalue weighted by molar-refractivity contribution is 9.10. The molecular formula is C10H9BrO3. The SMILES string of the molecule is Brc1ccc2c(c1)C1OCC(CO2)O1. The summed E-state index contributed by atoms with van der Waals surface area (Å²) in [5.74, 6) is 0.861. The molecule has 0 N–H and O–H groups in total. The Morgan fingerprint density at radius 3 is 3.14 bits per heavy atom. The van der Waals surface area contributed by atoms with Gasteiger partial charge in [0, 0.05) is 4.47 Å². The summed E-state index contributed by atoms with van der Waals surface area (Å²) >= 11 is 3.42. The maximum absolute atomic E-state index is 5.64. The number of rotatable bonds is 0. The third-order valence-corrected chi connectivity index (χ3v) is 2.89. The van der Waals surface area contributed by atoms with Crippen LogP contribution in [0.25, 0.3) is 0 Å². The molecule has 3 rings (SSSR count). The Kier molecular flexibility index (Phi) is 2.00. The van der Waals surface area contributed by atoms with E-state index in [4.69, 9.17) is 14.2 Å². The summed E-state index contributed by atoms with van der Waals surface area (Å²) in [6.45, 7) is 1.20. The topological polar surface area (TPSA) is 27.7 Å². The van der Waals surface area contributed by atoms with E-state index >= 15 is 0 Å². The molecular weight excluding hydrogens is 248 g/mol. The molecule has 0 amide bonds. The molecule has 74 valence electrons. The van der Waals surface area contributed by atoms with Crippen LogP contribution in [0.2, 0.25) is 0 Å². The summed E-state index contributed by atoms with van der Waals surface area (Å²) in [7, 11) is 0. The van der Waals surface area contributed by atoms with Gasteiger partial charge >= 0.3 is 0 Å². The lowest BCUT2D eigenvalue weighted by atomic mass is 10.2. The molecule has 1 fully saturated rings. The summed E-state index contributed by atoms with van der Waals surface area (Å²) in [5, 5.41) is 0. The molecule has 0 aliphatic carbocycles. The molecule has 2 aliphatic heterocycles. The van der Waals surface area contributed by atoms with Crippen molar-refractivity contribution < 1.29 is 14.2 Å². The first kappa shape index (κ1) is 8.71. The van der Waals surface area contributed by atoms with E-state index in [-0.39, 0.29) is 12.4 Å². The highest BCUT2D eigenvalue weighted by Crippen LogP contribution is 2.37. The van der Waals surface area contributed by atoms with E-state index in [1.165, 1.54) is 0 Å². The van der Waals surface area contributed by atoms with E-state index in [2.05, 4.69) is 15.9 Å². The van der Waals surface area contributed by atoms with Gasteiger partial charge in [-0.3, -0.25) is 0 Å². The van der Waals surface area contributed by atoms with E-state index in [9.17, 15) is 0 Å². The van der Waals surface area contributed by atoms with Crippen molar-refractivity contribution in [2.45, 2.75) is 12.4 Å². The van der Waals surface area contributed by atoms with Crippen LogP contribution in [0, 0.1) is 0 Å². The number of halogens is 1. The number of fused-ring (bicyclic) bond motifs is 4. The second-order valence-electron chi connectivity index (χ2n) is 3.42. The van der Waals surface area contributed by atoms with Gasteiger partial charge in [0.15, 0.2) is 6.29 Å². The minimum Gasteiger partial charge on any atom is -0.490 e. The van der Waals surface area contributed by atoms with E-state index in [0.717, 1.165) is 15.8 Å². The first-order chi connectivity index (χ1) is 6.83. The normalized spacial score (nSPS) is 29.2. The number of hydrogen-bond donors (Lipinski definition) is 0. The van der Waals surface area contributed by atoms with Crippen molar-refractivity contribution in [3.63, 3.8) is 0 Å². The number of benzene rings is 1. The van der Waals surface area contributed by atoms with E-state index in [1.807, 2.05) is 18.2 Å². The molecule has 3 nitrogen and oxygen atoms in total. The van der Waals surface area contributed by atoms with Crippen LogP contribution >= 0.6 is 15.9 Å². The third-order valence-electron chi connectivity index (χ3n) is 2.40. The Balaban J connectivity index is 2.08. The predicted molar refractivity (Wildman–Crippen MR) is 53.2 cm³/mol. The van der Waals surface area contributed by atoms with E-state index in [1.54, 1.807) is 0 Å². The Morgan fingerprint density at radius 2 is 2.21 bits per heavy atom. The lowest BCUT2D eigenvalue weighted by Crippen LogP contribution is -2.18. The quantitative estimate of drug-likeness (QED) is 0.713. The highest BCUT2D eigenvalue weighted by atomic mass is 79.9. The van der Waals surface area contributed by atoms with Crippen LogP contribution in [0.5, 0.6) is 5.75 Å². The summed E-state index contributed by atoms with van der Waals surface area (Å²) in [5.41, 5.74) is 0.972. The molecule has 0 radical (unpaired) electrons. The van der Waals surface area contributed by atoms with Gasteiger partial charge in [0.2, 0.25) is 0 Å². The average molecular weight is 257 g/mol. The van der Waals surface area contributed by atoms with Crippen LogP contribution in [-0.4, -0.2) is 19.3 Å². The average Bonchev–Trinajstić information content (AvgIpc) is 2.56. The van der Waals surface area contributed by atoms with Gasteiger partial charge in [-0.25, -0.2) is 0 Å². The Morgan fingerprint density at radius 1 is 1.29 bits per heavy atom. The van der Waals surface area contributed by atoms with Crippen LogP contribution in [0.15, 0.2) is 22.7 Å². The van der Waals surface area contributed by atoms with Gasteiger partial charge in [0.1, 0.15) is 18.5 Å². The van der Waals surface area contributed by atoms with Crippen molar-refractivity contribution >= 4 is 15.9 Å². The molecule has 1 saturated heterocycles. The molecule has 1 aromatic rings. The summed E-state index contributed by atoms with van der Waals surface area (Å²) < 4.78 is 17.8. The van der Waals surface area contributed by atoms with Gasteiger partial charge in [0.05, 0.1) is 12.2 Å². The van der Waals surface area contributed by atoms with Gasteiger partial charge in [0.25, 0.3) is 0 Å². The standard InChI is InChI=1S/C10H9BrO3/c11-6-1-2-9-8(3-6)10-13-5-7(14-10)4-12-9/h1-3,7,10H,4-5H2. The van der Waals surface area contributed by atoms with Gasteiger partial charge in [-0.2, -0.15) is 0 Å². The zero-order valence-corrected chi connectivity index (χ0v) is 8.99. The fourth-order valence-corrected chi connectivity index (χ4v) is 2.10. The monoisotopic (exact) mass is 256 g/mol. The molecule has 14 heavy (non-hydrogen) atoms. The second kappa shape index (κ2) is 3.22. The van der Waals surface area contributed by atoms with Crippen LogP contribution in [-0.2, 0) is 9.47 Å². The molecule has 0 spiro atoms. The number of ether oxygens (including phenoxy) is 3. The summed E-state index contributed by atoms with van der Waals surface area (Å²) in [4.78, 5) is 0. The molecule has 2 heterocycles. The fourth-order valence-electron chi connectivity index (χ4n) is 1.72. The minimum atomic E-state index is -0.255. The molecule has 2 aliphatic rings. The third kappa shape index (κ3) is 1.34. The first-order valence-electron chi connectivity index (χ1n) is 4.52. The molecule has 2 atom stereocenters. The largest absolute Gasteiger partial charge is 0.490 e. The molecule has 1 aromatic carbocycles. The van der Waals surface area contributed by atoms with Gasteiger partial charge in [-0.05, 0) is 18.2 Å². The smallest absolute Gasteiger partial charge is 0.188 e.